The third kappa shape index (κ3) is 2.49. The predicted molar refractivity (Wildman–Crippen MR) is 71.7 cm³/mol. The number of hydrogen-bond acceptors (Lipinski definition) is 3. The molecule has 1 fully saturated rings. The molecule has 2 rings (SSSR count). The zero-order valence-electron chi connectivity index (χ0n) is 10.3. The van der Waals surface area contributed by atoms with Crippen molar-refractivity contribution in [2.75, 3.05) is 33.4 Å². The van der Waals surface area contributed by atoms with E-state index in [4.69, 9.17) is 9.47 Å². The molecule has 3 nitrogen and oxygen atoms in total. The molecule has 1 aliphatic heterocycles. The van der Waals surface area contributed by atoms with Gasteiger partial charge in [-0.15, -0.1) is 0 Å². The normalized spacial score (nSPS) is 17.6. The van der Waals surface area contributed by atoms with E-state index in [9.17, 15) is 0 Å². The van der Waals surface area contributed by atoms with Crippen LogP contribution in [-0.2, 0) is 10.2 Å². The molecule has 0 amide bonds. The van der Waals surface area contributed by atoms with Crippen LogP contribution in [0.3, 0.4) is 0 Å². The maximum absolute atomic E-state index is 5.40. The lowest BCUT2D eigenvalue weighted by Crippen LogP contribution is -2.53. The highest BCUT2D eigenvalue weighted by molar-refractivity contribution is 9.10. The molecule has 1 N–H and O–H groups in total. The monoisotopic (exact) mass is 299 g/mol. The summed E-state index contributed by atoms with van der Waals surface area (Å²) >= 11 is 3.53. The van der Waals surface area contributed by atoms with Crippen molar-refractivity contribution in [1.29, 1.82) is 0 Å². The smallest absolute Gasteiger partial charge is 0.133 e. The van der Waals surface area contributed by atoms with Crippen molar-refractivity contribution in [1.82, 2.24) is 5.32 Å². The van der Waals surface area contributed by atoms with Crippen molar-refractivity contribution >= 4 is 15.9 Å². The predicted octanol–water partition coefficient (Wildman–Crippen LogP) is 2.34. The van der Waals surface area contributed by atoms with Crippen molar-refractivity contribution < 1.29 is 9.47 Å². The number of rotatable bonds is 5. The van der Waals surface area contributed by atoms with Gasteiger partial charge in [0.25, 0.3) is 0 Å². The number of likely N-dealkylation sites (N-methyl/N-ethyl adjacent to an activating group) is 1. The van der Waals surface area contributed by atoms with Crippen molar-refractivity contribution in [3.63, 3.8) is 0 Å². The number of halogens is 1. The van der Waals surface area contributed by atoms with Gasteiger partial charge in [0.2, 0.25) is 0 Å². The van der Waals surface area contributed by atoms with Gasteiger partial charge in [0.1, 0.15) is 5.75 Å². The second-order valence-corrected chi connectivity index (χ2v) is 5.26. The fourth-order valence-corrected chi connectivity index (χ4v) is 2.62. The van der Waals surface area contributed by atoms with Crippen LogP contribution in [0.1, 0.15) is 12.5 Å². The van der Waals surface area contributed by atoms with Gasteiger partial charge < -0.3 is 14.8 Å². The molecule has 0 unspecified atom stereocenters. The first-order valence-electron chi connectivity index (χ1n) is 5.84. The van der Waals surface area contributed by atoms with Gasteiger partial charge in [0.15, 0.2) is 0 Å². The molecule has 0 atom stereocenters. The van der Waals surface area contributed by atoms with Crippen LogP contribution in [0, 0.1) is 0 Å². The Balaban J connectivity index is 2.22. The van der Waals surface area contributed by atoms with Gasteiger partial charge in [0.05, 0.1) is 30.2 Å². The molecule has 0 aliphatic carbocycles. The maximum atomic E-state index is 5.40. The highest BCUT2D eigenvalue weighted by Gasteiger charge is 2.40. The van der Waals surface area contributed by atoms with E-state index in [2.05, 4.69) is 40.3 Å². The first-order chi connectivity index (χ1) is 8.22. The van der Waals surface area contributed by atoms with Gasteiger partial charge in [-0.1, -0.05) is 13.0 Å². The maximum Gasteiger partial charge on any atom is 0.133 e. The molecule has 1 aromatic rings. The molecule has 17 heavy (non-hydrogen) atoms. The minimum absolute atomic E-state index is 0.130. The molecule has 0 radical (unpaired) electrons. The summed E-state index contributed by atoms with van der Waals surface area (Å²) in [7, 11) is 1.68. The molecule has 1 aromatic carbocycles. The number of ether oxygens (including phenoxy) is 2. The lowest BCUT2D eigenvalue weighted by molar-refractivity contribution is -0.0588. The number of nitrogens with one attached hydrogen (secondary N) is 1. The lowest BCUT2D eigenvalue weighted by Gasteiger charge is -2.42. The summed E-state index contributed by atoms with van der Waals surface area (Å²) < 4.78 is 11.7. The van der Waals surface area contributed by atoms with E-state index < -0.39 is 0 Å². The average Bonchev–Trinajstić information content (AvgIpc) is 2.28. The molecule has 1 aliphatic rings. The topological polar surface area (TPSA) is 30.5 Å². The molecule has 1 heterocycles. The van der Waals surface area contributed by atoms with Crippen LogP contribution in [0.25, 0.3) is 0 Å². The van der Waals surface area contributed by atoms with Crippen LogP contribution in [0.5, 0.6) is 5.75 Å². The van der Waals surface area contributed by atoms with Crippen LogP contribution in [0.4, 0.5) is 0 Å². The van der Waals surface area contributed by atoms with Crippen LogP contribution in [0.2, 0.25) is 0 Å². The third-order valence-electron chi connectivity index (χ3n) is 3.23. The van der Waals surface area contributed by atoms with Crippen LogP contribution in [-0.4, -0.2) is 33.4 Å². The molecule has 0 saturated carbocycles. The summed E-state index contributed by atoms with van der Waals surface area (Å²) in [6.07, 6.45) is 0. The fourth-order valence-electron chi connectivity index (χ4n) is 2.08. The van der Waals surface area contributed by atoms with Crippen LogP contribution < -0.4 is 10.1 Å². The van der Waals surface area contributed by atoms with Crippen LogP contribution >= 0.6 is 15.9 Å². The summed E-state index contributed by atoms with van der Waals surface area (Å²) in [4.78, 5) is 0. The van der Waals surface area contributed by atoms with E-state index in [0.29, 0.717) is 0 Å². The van der Waals surface area contributed by atoms with Gasteiger partial charge in [0, 0.05) is 6.54 Å². The number of methoxy groups -OCH3 is 1. The molecule has 0 bridgehead atoms. The zero-order valence-corrected chi connectivity index (χ0v) is 11.8. The lowest BCUT2D eigenvalue weighted by atomic mass is 9.78. The summed E-state index contributed by atoms with van der Waals surface area (Å²) in [5, 5.41) is 3.41. The van der Waals surface area contributed by atoms with E-state index in [1.165, 1.54) is 5.56 Å². The first kappa shape index (κ1) is 12.9. The molecule has 94 valence electrons. The Morgan fingerprint density at radius 1 is 1.47 bits per heavy atom. The Bertz CT molecular complexity index is 391. The minimum Gasteiger partial charge on any atom is -0.496 e. The molecule has 4 heteroatoms. The molecule has 1 saturated heterocycles. The number of benzene rings is 1. The average molecular weight is 300 g/mol. The van der Waals surface area contributed by atoms with E-state index >= 15 is 0 Å². The highest BCUT2D eigenvalue weighted by Crippen LogP contribution is 2.36. The van der Waals surface area contributed by atoms with Gasteiger partial charge >= 0.3 is 0 Å². The van der Waals surface area contributed by atoms with Gasteiger partial charge in [-0.2, -0.15) is 0 Å². The largest absolute Gasteiger partial charge is 0.496 e. The molecular weight excluding hydrogens is 282 g/mol. The standard InChI is InChI=1S/C13H18BrNO2/c1-3-15-7-13(8-17-9-13)10-4-5-12(16-2)11(14)6-10/h4-6,15H,3,7-9H2,1-2H3. The Hall–Kier alpha value is -0.580. The van der Waals surface area contributed by atoms with Crippen molar-refractivity contribution in [3.05, 3.63) is 28.2 Å². The Morgan fingerprint density at radius 2 is 2.24 bits per heavy atom. The SMILES string of the molecule is CCNCC1(c2ccc(OC)c(Br)c2)COC1. The summed E-state index contributed by atoms with van der Waals surface area (Å²) in [5.74, 6) is 0.868. The highest BCUT2D eigenvalue weighted by atomic mass is 79.9. The van der Waals surface area contributed by atoms with Gasteiger partial charge in [-0.25, -0.2) is 0 Å². The van der Waals surface area contributed by atoms with Crippen LogP contribution in [0.15, 0.2) is 22.7 Å². The molecular formula is C13H18BrNO2. The Labute approximate surface area is 111 Å². The van der Waals surface area contributed by atoms with Crippen molar-refractivity contribution in [2.24, 2.45) is 0 Å². The van der Waals surface area contributed by atoms with Gasteiger partial charge in [-0.05, 0) is 40.2 Å². The second-order valence-electron chi connectivity index (χ2n) is 4.40. The van der Waals surface area contributed by atoms with E-state index in [1.54, 1.807) is 7.11 Å². The van der Waals surface area contributed by atoms with E-state index in [0.717, 1.165) is 36.5 Å². The zero-order chi connectivity index (χ0) is 12.3. The van der Waals surface area contributed by atoms with Gasteiger partial charge in [-0.3, -0.25) is 0 Å². The fraction of sp³-hybridized carbons (Fsp3) is 0.538. The van der Waals surface area contributed by atoms with Crippen molar-refractivity contribution in [2.45, 2.75) is 12.3 Å². The summed E-state index contributed by atoms with van der Waals surface area (Å²) in [6, 6.07) is 6.27. The van der Waals surface area contributed by atoms with E-state index in [1.807, 2.05) is 6.07 Å². The molecule has 0 spiro atoms. The summed E-state index contributed by atoms with van der Waals surface area (Å²) in [5.41, 5.74) is 1.43. The first-order valence-corrected chi connectivity index (χ1v) is 6.63. The number of hydrogen-bond donors (Lipinski definition) is 1. The molecule has 0 aromatic heterocycles. The second kappa shape index (κ2) is 5.38. The minimum atomic E-state index is 0.130. The quantitative estimate of drug-likeness (QED) is 0.905. The third-order valence-corrected chi connectivity index (χ3v) is 3.85. The Kier molecular flexibility index (Phi) is 4.07. The Morgan fingerprint density at radius 3 is 2.71 bits per heavy atom. The summed E-state index contributed by atoms with van der Waals surface area (Å²) in [6.45, 7) is 5.65. The van der Waals surface area contributed by atoms with E-state index in [-0.39, 0.29) is 5.41 Å². The van der Waals surface area contributed by atoms with Crippen molar-refractivity contribution in [3.8, 4) is 5.75 Å².